The van der Waals surface area contributed by atoms with Gasteiger partial charge in [0.25, 0.3) is 5.91 Å². The van der Waals surface area contributed by atoms with Crippen LogP contribution in [-0.4, -0.2) is 58.6 Å². The fourth-order valence-corrected chi connectivity index (χ4v) is 2.18. The van der Waals surface area contributed by atoms with Crippen molar-refractivity contribution in [3.63, 3.8) is 0 Å². The van der Waals surface area contributed by atoms with Crippen molar-refractivity contribution in [1.29, 1.82) is 0 Å². The Hall–Kier alpha value is -2.12. The van der Waals surface area contributed by atoms with Gasteiger partial charge in [-0.15, -0.1) is 0 Å². The van der Waals surface area contributed by atoms with Gasteiger partial charge in [-0.2, -0.15) is 0 Å². The van der Waals surface area contributed by atoms with Crippen molar-refractivity contribution in [3.05, 3.63) is 0 Å². The summed E-state index contributed by atoms with van der Waals surface area (Å²) in [6, 6.07) is 0. The zero-order valence-corrected chi connectivity index (χ0v) is 11.5. The number of carboxylic acids is 1. The van der Waals surface area contributed by atoms with Crippen LogP contribution in [0.5, 0.6) is 0 Å². The van der Waals surface area contributed by atoms with Crippen molar-refractivity contribution in [3.8, 4) is 0 Å². The Morgan fingerprint density at radius 3 is 2.35 bits per heavy atom. The van der Waals surface area contributed by atoms with Gasteiger partial charge in [0.1, 0.15) is 0 Å². The van der Waals surface area contributed by atoms with Crippen LogP contribution in [0.15, 0.2) is 0 Å². The standard InChI is InChI=1S/C12H17NO7/c1-4-13(5-2)11(18)12(20-7(3)14)6-8(15)19-9(12)10(16)17/h9H,4-6H2,1-3H3,(H,16,17)/t9?,12-/m0/s1. The first-order valence-corrected chi connectivity index (χ1v) is 6.19. The van der Waals surface area contributed by atoms with Crippen molar-refractivity contribution < 1.29 is 33.8 Å². The molecule has 0 spiro atoms. The van der Waals surface area contributed by atoms with Gasteiger partial charge < -0.3 is 19.5 Å². The van der Waals surface area contributed by atoms with E-state index in [0.29, 0.717) is 13.1 Å². The third-order valence-electron chi connectivity index (χ3n) is 3.04. The van der Waals surface area contributed by atoms with Gasteiger partial charge in [0.2, 0.25) is 11.7 Å². The molecule has 0 radical (unpaired) electrons. The minimum atomic E-state index is -2.12. The Morgan fingerprint density at radius 1 is 1.40 bits per heavy atom. The predicted molar refractivity (Wildman–Crippen MR) is 64.6 cm³/mol. The number of esters is 2. The zero-order chi connectivity index (χ0) is 15.5. The number of ether oxygens (including phenoxy) is 2. The molecule has 0 aromatic rings. The minimum absolute atomic E-state index is 0.291. The minimum Gasteiger partial charge on any atom is -0.478 e. The maximum Gasteiger partial charge on any atom is 0.349 e. The molecular formula is C12H17NO7. The second-order valence-corrected chi connectivity index (χ2v) is 4.35. The van der Waals surface area contributed by atoms with Gasteiger partial charge in [-0.05, 0) is 13.8 Å². The molecule has 2 atom stereocenters. The van der Waals surface area contributed by atoms with Crippen LogP contribution in [0.4, 0.5) is 0 Å². The summed E-state index contributed by atoms with van der Waals surface area (Å²) in [6.07, 6.45) is -2.43. The van der Waals surface area contributed by atoms with Crippen molar-refractivity contribution in [1.82, 2.24) is 4.90 Å². The van der Waals surface area contributed by atoms with Crippen molar-refractivity contribution in [2.45, 2.75) is 38.9 Å². The molecule has 1 N–H and O–H groups in total. The van der Waals surface area contributed by atoms with E-state index in [9.17, 15) is 19.2 Å². The zero-order valence-electron chi connectivity index (χ0n) is 11.5. The molecule has 8 nitrogen and oxygen atoms in total. The molecule has 0 bridgehead atoms. The Bertz CT molecular complexity index is 443. The Balaban J connectivity index is 3.27. The highest BCUT2D eigenvalue weighted by atomic mass is 16.6. The van der Waals surface area contributed by atoms with Crippen LogP contribution in [0.2, 0.25) is 0 Å². The van der Waals surface area contributed by atoms with Crippen LogP contribution >= 0.6 is 0 Å². The van der Waals surface area contributed by atoms with Crippen LogP contribution in [0, 0.1) is 0 Å². The lowest BCUT2D eigenvalue weighted by atomic mass is 9.92. The lowest BCUT2D eigenvalue weighted by Gasteiger charge is -2.33. The molecule has 1 amide bonds. The van der Waals surface area contributed by atoms with Crippen molar-refractivity contribution in [2.75, 3.05) is 13.1 Å². The fraction of sp³-hybridized carbons (Fsp3) is 0.667. The largest absolute Gasteiger partial charge is 0.478 e. The van der Waals surface area contributed by atoms with E-state index in [-0.39, 0.29) is 0 Å². The molecule has 1 rings (SSSR count). The number of aliphatic carboxylic acids is 1. The van der Waals surface area contributed by atoms with E-state index in [2.05, 4.69) is 4.74 Å². The number of hydrogen-bond acceptors (Lipinski definition) is 6. The van der Waals surface area contributed by atoms with Gasteiger partial charge >= 0.3 is 17.9 Å². The third kappa shape index (κ3) is 2.73. The highest BCUT2D eigenvalue weighted by Gasteiger charge is 2.62. The van der Waals surface area contributed by atoms with E-state index < -0.39 is 41.9 Å². The van der Waals surface area contributed by atoms with Gasteiger partial charge in [-0.3, -0.25) is 14.4 Å². The van der Waals surface area contributed by atoms with Gasteiger partial charge in [-0.25, -0.2) is 4.79 Å². The third-order valence-corrected chi connectivity index (χ3v) is 3.04. The fourth-order valence-electron chi connectivity index (χ4n) is 2.18. The maximum absolute atomic E-state index is 12.5. The molecule has 112 valence electrons. The average molecular weight is 287 g/mol. The lowest BCUT2D eigenvalue weighted by molar-refractivity contribution is -0.186. The summed E-state index contributed by atoms with van der Waals surface area (Å²) >= 11 is 0. The molecule has 1 aliphatic rings. The Labute approximate surface area is 115 Å². The smallest absolute Gasteiger partial charge is 0.349 e. The van der Waals surface area contributed by atoms with E-state index in [1.165, 1.54) is 4.90 Å². The highest BCUT2D eigenvalue weighted by molar-refractivity contribution is 6.00. The first-order valence-electron chi connectivity index (χ1n) is 6.19. The summed E-state index contributed by atoms with van der Waals surface area (Å²) in [4.78, 5) is 47.6. The summed E-state index contributed by atoms with van der Waals surface area (Å²) in [5.74, 6) is -4.01. The van der Waals surface area contributed by atoms with Crippen LogP contribution in [0.25, 0.3) is 0 Å². The van der Waals surface area contributed by atoms with Crippen LogP contribution in [0.1, 0.15) is 27.2 Å². The van der Waals surface area contributed by atoms with Gasteiger partial charge in [0, 0.05) is 20.0 Å². The van der Waals surface area contributed by atoms with E-state index in [4.69, 9.17) is 9.84 Å². The molecule has 20 heavy (non-hydrogen) atoms. The molecule has 1 heterocycles. The normalized spacial score (nSPS) is 24.9. The molecule has 0 aliphatic carbocycles. The quantitative estimate of drug-likeness (QED) is 0.682. The molecule has 0 aromatic carbocycles. The summed E-state index contributed by atoms with van der Waals surface area (Å²) in [5, 5.41) is 9.12. The van der Waals surface area contributed by atoms with E-state index in [1.54, 1.807) is 13.8 Å². The van der Waals surface area contributed by atoms with Crippen molar-refractivity contribution in [2.24, 2.45) is 0 Å². The van der Waals surface area contributed by atoms with Gasteiger partial charge in [0.05, 0.1) is 6.42 Å². The maximum atomic E-state index is 12.5. The Kier molecular flexibility index (Phi) is 4.69. The Morgan fingerprint density at radius 2 is 1.95 bits per heavy atom. The number of likely N-dealkylation sites (N-methyl/N-ethyl adjacent to an activating group) is 1. The molecule has 1 unspecified atom stereocenters. The molecule has 1 aliphatic heterocycles. The average Bonchev–Trinajstić information content (AvgIpc) is 2.68. The number of carbonyl (C=O) groups excluding carboxylic acids is 3. The van der Waals surface area contributed by atoms with Crippen LogP contribution in [0.3, 0.4) is 0 Å². The first-order chi connectivity index (χ1) is 9.28. The first kappa shape index (κ1) is 15.9. The molecule has 1 saturated heterocycles. The number of cyclic esters (lactones) is 1. The second-order valence-electron chi connectivity index (χ2n) is 4.35. The highest BCUT2D eigenvalue weighted by Crippen LogP contribution is 2.33. The van der Waals surface area contributed by atoms with Gasteiger partial charge in [-0.1, -0.05) is 0 Å². The number of carbonyl (C=O) groups is 4. The molecule has 0 aromatic heterocycles. The number of nitrogens with zero attached hydrogens (tertiary/aromatic N) is 1. The SMILES string of the molecule is CCN(CC)C(=O)[C@]1(OC(C)=O)CC(=O)OC1C(=O)O. The summed E-state index contributed by atoms with van der Waals surface area (Å²) < 4.78 is 9.57. The predicted octanol–water partition coefficient (Wildman–Crippen LogP) is -0.443. The molecule has 1 fully saturated rings. The van der Waals surface area contributed by atoms with Gasteiger partial charge in [0.15, 0.2) is 0 Å². The van der Waals surface area contributed by atoms with Crippen LogP contribution in [-0.2, 0) is 28.7 Å². The molecular weight excluding hydrogens is 270 g/mol. The molecule has 8 heteroatoms. The monoisotopic (exact) mass is 287 g/mol. The number of carboxylic acid groups (broad SMARTS) is 1. The number of hydrogen-bond donors (Lipinski definition) is 1. The summed E-state index contributed by atoms with van der Waals surface area (Å²) in [5.41, 5.74) is -2.12. The second kappa shape index (κ2) is 5.89. The van der Waals surface area contributed by atoms with Crippen LogP contribution < -0.4 is 0 Å². The van der Waals surface area contributed by atoms with E-state index in [1.807, 2.05) is 0 Å². The van der Waals surface area contributed by atoms with E-state index in [0.717, 1.165) is 6.92 Å². The summed E-state index contributed by atoms with van der Waals surface area (Å²) in [7, 11) is 0. The van der Waals surface area contributed by atoms with Crippen molar-refractivity contribution >= 4 is 23.8 Å². The molecule has 0 saturated carbocycles. The number of amides is 1. The number of rotatable bonds is 5. The lowest BCUT2D eigenvalue weighted by Crippen LogP contribution is -2.58. The topological polar surface area (TPSA) is 110 Å². The summed E-state index contributed by atoms with van der Waals surface area (Å²) in [6.45, 7) is 5.00. The van der Waals surface area contributed by atoms with E-state index >= 15 is 0 Å².